The number of fused-ring (bicyclic) bond motifs is 3. The highest BCUT2D eigenvalue weighted by Gasteiger charge is 2.59. The van der Waals surface area contributed by atoms with Gasteiger partial charge in [-0.25, -0.2) is 0 Å². The average molecular weight is 2040 g/mol. The second-order valence-corrected chi connectivity index (χ2v) is 69.9. The molecule has 0 aromatic carbocycles. The minimum Gasteiger partial charge on any atom is -0.411 e. The van der Waals surface area contributed by atoms with E-state index in [1.165, 1.54) is 0 Å². The molecule has 0 aromatic heterocycles. The minimum absolute atomic E-state index is 0.0122. The summed E-state index contributed by atoms with van der Waals surface area (Å²) in [7, 11) is -9.09. The van der Waals surface area contributed by atoms with Crippen molar-refractivity contribution in [1.29, 1.82) is 0 Å². The smallest absolute Gasteiger partial charge is 0.193 e. The van der Waals surface area contributed by atoms with Crippen LogP contribution in [0.25, 0.3) is 0 Å². The second kappa shape index (κ2) is 47.5. The van der Waals surface area contributed by atoms with Crippen LogP contribution in [0.2, 0.25) is 72.5 Å². The Bertz CT molecular complexity index is 3850. The fourth-order valence-corrected chi connectivity index (χ4v) is 27.8. The molecule has 1 N–H and O–H groups in total. The van der Waals surface area contributed by atoms with Crippen LogP contribution in [-0.2, 0) is 79.5 Å². The molecule has 18 nitrogen and oxygen atoms in total. The molecule has 10 saturated heterocycles. The maximum absolute atomic E-state index is 14.5. The molecule has 35 atom stereocenters. The maximum atomic E-state index is 14.5. The highest BCUT2D eigenvalue weighted by molar-refractivity contribution is 14.1. The van der Waals surface area contributed by atoms with Crippen molar-refractivity contribution in [3.8, 4) is 0 Å². The van der Waals surface area contributed by atoms with E-state index in [-0.39, 0.29) is 202 Å². The Morgan fingerprint density at radius 1 is 0.504 bits per heavy atom. The normalized spacial score (nSPS) is 39.1. The van der Waals surface area contributed by atoms with Gasteiger partial charge in [-0.3, -0.25) is 9.59 Å². The highest BCUT2D eigenvalue weighted by atomic mass is 127. The zero-order valence-corrected chi connectivity index (χ0v) is 95.2. The molecule has 133 heavy (non-hydrogen) atoms. The van der Waals surface area contributed by atoms with Gasteiger partial charge < -0.3 is 75.0 Å². The average Bonchev–Trinajstić information content (AvgIpc) is 1.22. The van der Waals surface area contributed by atoms with Crippen molar-refractivity contribution in [2.75, 3.05) is 0 Å². The number of hydrogen-bond donors (Lipinski definition) is 1. The number of aldehydes is 1. The number of aliphatic hydroxyl groups excluding tert-OH is 1. The van der Waals surface area contributed by atoms with Gasteiger partial charge in [-0.05, 0) is 261 Å². The zero-order chi connectivity index (χ0) is 98.5. The van der Waals surface area contributed by atoms with Crippen LogP contribution in [0.3, 0.4) is 0 Å². The van der Waals surface area contributed by atoms with Crippen LogP contribution in [0.4, 0.5) is 0 Å². The first-order valence-electron chi connectivity index (χ1n) is 53.0. The zero-order valence-electron chi connectivity index (χ0n) is 89.1. The molecule has 0 aromatic rings. The fraction of sp³-hybridized carbons (Fsp3) is 0.864. The number of ether oxygens (including phenoxy) is 10. The van der Waals surface area contributed by atoms with Gasteiger partial charge in [0, 0.05) is 56.8 Å². The van der Waals surface area contributed by atoms with E-state index in [1.807, 2.05) is 6.08 Å². The van der Waals surface area contributed by atoms with Crippen LogP contribution in [0, 0.1) is 59.2 Å². The predicted molar refractivity (Wildman–Crippen MR) is 558 cm³/mol. The van der Waals surface area contributed by atoms with E-state index in [2.05, 4.69) is 270 Å². The summed E-state index contributed by atoms with van der Waals surface area (Å²) in [6, 6.07) is 0. The summed E-state index contributed by atoms with van der Waals surface area (Å²) in [5.41, 5.74) is 4.54. The predicted octanol–water partition coefficient (Wildman–Crippen LogP) is 26.2. The van der Waals surface area contributed by atoms with Crippen molar-refractivity contribution >= 4 is 73.7 Å². The van der Waals surface area contributed by atoms with Crippen LogP contribution in [0.15, 0.2) is 70.9 Å². The first kappa shape index (κ1) is 113. The molecule has 0 spiro atoms. The largest absolute Gasteiger partial charge is 0.411 e. The molecule has 23 heteroatoms. The van der Waals surface area contributed by atoms with Gasteiger partial charge in [0.25, 0.3) is 0 Å². The van der Waals surface area contributed by atoms with Gasteiger partial charge in [-0.2, -0.15) is 0 Å². The van der Waals surface area contributed by atoms with Crippen LogP contribution >= 0.6 is 22.6 Å². The third-order valence-electron chi connectivity index (χ3n) is 35.9. The van der Waals surface area contributed by atoms with Gasteiger partial charge in [0.05, 0.1) is 140 Å². The first-order chi connectivity index (χ1) is 61.9. The van der Waals surface area contributed by atoms with Gasteiger partial charge >= 0.3 is 0 Å². The molecule has 0 aliphatic carbocycles. The summed E-state index contributed by atoms with van der Waals surface area (Å²) in [5, 5.41) is 11.6. The van der Waals surface area contributed by atoms with Crippen molar-refractivity contribution in [2.24, 2.45) is 59.2 Å². The van der Waals surface area contributed by atoms with Crippen LogP contribution in [0.1, 0.15) is 319 Å². The molecular weight excluding hydrogens is 1850 g/mol. The molecule has 13 rings (SSSR count). The van der Waals surface area contributed by atoms with Gasteiger partial charge in [0.2, 0.25) is 0 Å². The molecular formula is C110H191IO18Si4. The van der Waals surface area contributed by atoms with E-state index < -0.39 is 51.6 Å². The van der Waals surface area contributed by atoms with E-state index in [1.54, 1.807) is 0 Å². The molecule has 10 fully saturated rings. The van der Waals surface area contributed by atoms with E-state index in [4.69, 9.17) is 65.1 Å². The molecule has 0 amide bonds. The lowest BCUT2D eigenvalue weighted by Crippen LogP contribution is -2.64. The SMILES string of the molecule is C=C1C[C@@H]2CCC(O)/C=C/[C@H](O[Si](C)(C)C(C)(C)C)[C@@H]3O[C@H]4CCC(CC(=O)C[C@@H]5[C@@H](C)[C@@H](C[C@H](C)CC)O[C@H]5C[C@H]5OC(CC[C@@H]1O2)C[C@@H](C)C5=C)O[C@@H]4[C@H](C)[C@@H]3O[Si](C)(C)C(C)(C)C.C=C1C[C@H](CCC=O)O[C@H]1CCC1C[C@@H](C)C(=C)[C@@H](C[C@@H]2O[C@H](C[C@H](C)CC)[C@H](C)[C@H]2CC(=O)CC2CC[C@@H]3O[C@@H]([C@H](/C=C/I)O[Si](C)(C)C(C)(C)C)[C@@H](O[Si](C)(C)C(C)(C)C)[C@@H](C)[C@H]3O2)O1. The molecule has 5 unspecified atom stereocenters. The lowest BCUT2D eigenvalue weighted by Gasteiger charge is -2.54. The first-order valence-corrected chi connectivity index (χ1v) is 65.8. The second-order valence-electron chi connectivity index (χ2n) is 50.2. The number of rotatable bonds is 28. The maximum Gasteiger partial charge on any atom is 0.193 e. The van der Waals surface area contributed by atoms with E-state index in [9.17, 15) is 19.5 Å². The molecule has 0 saturated carbocycles. The lowest BCUT2D eigenvalue weighted by atomic mass is 9.78. The Balaban J connectivity index is 0.000000276. The number of carbonyl (C=O) groups excluding carboxylic acids is 3. The third kappa shape index (κ3) is 29.2. The molecule has 762 valence electrons. The van der Waals surface area contributed by atoms with Crippen molar-refractivity contribution in [3.05, 3.63) is 70.9 Å². The van der Waals surface area contributed by atoms with Gasteiger partial charge in [-0.1, -0.05) is 226 Å². The van der Waals surface area contributed by atoms with Gasteiger partial charge in [-0.15, -0.1) is 0 Å². The van der Waals surface area contributed by atoms with Crippen LogP contribution in [-0.4, -0.2) is 209 Å². The molecule has 13 heterocycles. The number of aliphatic hydroxyl groups is 1. The fourth-order valence-electron chi connectivity index (χ4n) is 22.2. The van der Waals surface area contributed by atoms with Crippen LogP contribution in [0.5, 0.6) is 0 Å². The van der Waals surface area contributed by atoms with Crippen molar-refractivity contribution < 1.29 is 84.6 Å². The number of ketones is 2. The van der Waals surface area contributed by atoms with Crippen molar-refractivity contribution in [3.63, 3.8) is 0 Å². The standard InChI is InChI=1S/C55H95IO9Si2.C55H96O9Si2/c1-18-34(2)28-48-38(6)44(50(62-48)33-49-37(5)35(3)29-42(60-49)21-23-45-36(4)30-41(59-45)20-19-27-57)32-40(58)31-43-22-24-46-51(61-43)39(7)52(65-67(16,17)55(11,12)13)53(63-46)47(25-26-56)64-66(14,15)54(8,9)10;1-18-33(2)27-48-37(6)44-31-40(57)30-43-23-26-46-51(60-43)38(7)52(64-66(16,17)55(11,12)13)53(62-46)47(63-65(14,15)54(8,9)10)24-20-39(56)19-21-41-29-35(4)45(58-41)25-22-42-28-34(3)36(5)49(59-42)32-50(44)61-48/h25-27,34-35,38-39,41-53H,4-5,18-24,28-33H2,1-3,6-17H3;20,24,33-34,37-39,41-53,56H,4-5,18-19,21-23,25-32H2,1-3,6-17H3/b26-25+;24-20+/t34-,35-,38-,39+,41+,42?,43?,44-,45+,46+,47+,48-,49-,50+,51-,52+,53+;33-,34-,37-,38+,39?,41+,42?,43?,44-,45+,46+,47+,48-,49-,50+,51-,52+,53+/m11/s1. The van der Waals surface area contributed by atoms with E-state index in [0.717, 1.165) is 151 Å². The lowest BCUT2D eigenvalue weighted by molar-refractivity contribution is -0.251. The van der Waals surface area contributed by atoms with E-state index >= 15 is 0 Å². The summed E-state index contributed by atoms with van der Waals surface area (Å²) in [4.78, 5) is 39.9. The number of carbonyl (C=O) groups is 3. The summed E-state index contributed by atoms with van der Waals surface area (Å²) >= 11 is 2.31. The monoisotopic (exact) mass is 2040 g/mol. The summed E-state index contributed by atoms with van der Waals surface area (Å²) in [6.45, 7) is 86.7. The molecule has 8 bridgehead atoms. The third-order valence-corrected chi connectivity index (χ3v) is 54.2. The topological polar surface area (TPSA) is 201 Å². The number of hydrogen-bond acceptors (Lipinski definition) is 18. The quantitative estimate of drug-likeness (QED) is 0.0335. The Hall–Kier alpha value is -1.55. The number of Topliss-reactive ketones (excluding diaryl/α,β-unsaturated/α-hetero) is 2. The number of halogens is 1. The Morgan fingerprint density at radius 3 is 1.68 bits per heavy atom. The van der Waals surface area contributed by atoms with Gasteiger partial charge in [0.1, 0.15) is 30.1 Å². The summed E-state index contributed by atoms with van der Waals surface area (Å²) in [5.74, 6) is 2.97. The van der Waals surface area contributed by atoms with Crippen LogP contribution < -0.4 is 0 Å². The van der Waals surface area contributed by atoms with Crippen molar-refractivity contribution in [2.45, 2.75) is 544 Å². The molecule has 0 radical (unpaired) electrons. The van der Waals surface area contributed by atoms with Crippen molar-refractivity contribution in [1.82, 2.24) is 0 Å². The Kier molecular flexibility index (Phi) is 40.5. The summed E-state index contributed by atoms with van der Waals surface area (Å²) in [6.07, 6.45) is 23.8. The Morgan fingerprint density at radius 2 is 1.06 bits per heavy atom. The Labute approximate surface area is 826 Å². The molecule has 13 aliphatic rings. The summed E-state index contributed by atoms with van der Waals surface area (Å²) < 4.78 is 101. The highest BCUT2D eigenvalue weighted by Crippen LogP contribution is 2.53. The minimum atomic E-state index is -2.34. The van der Waals surface area contributed by atoms with Gasteiger partial charge in [0.15, 0.2) is 33.3 Å². The van der Waals surface area contributed by atoms with E-state index in [0.29, 0.717) is 68.6 Å². The molecule has 13 aliphatic heterocycles.